The molecule has 19 heavy (non-hydrogen) atoms. The van der Waals surface area contributed by atoms with E-state index in [0.717, 1.165) is 12.3 Å². The Morgan fingerprint density at radius 3 is 2.47 bits per heavy atom. The van der Waals surface area contributed by atoms with E-state index in [1.54, 1.807) is 0 Å². The van der Waals surface area contributed by atoms with Gasteiger partial charge in [0.1, 0.15) is 0 Å². The molecule has 2 heteroatoms. The Labute approximate surface area is 134 Å². The highest BCUT2D eigenvalue weighted by molar-refractivity contribution is 9.10. The van der Waals surface area contributed by atoms with Gasteiger partial charge in [0.2, 0.25) is 0 Å². The second-order valence-electron chi connectivity index (χ2n) is 6.47. The summed E-state index contributed by atoms with van der Waals surface area (Å²) in [6, 6.07) is 8.75. The molecule has 1 atom stereocenters. The predicted molar refractivity (Wildman–Crippen MR) is 90.9 cm³/mol. The van der Waals surface area contributed by atoms with Gasteiger partial charge in [-0.2, -0.15) is 0 Å². The normalized spacial score (nSPS) is 19.8. The topological polar surface area (TPSA) is 0 Å². The molecule has 0 N–H and O–H groups in total. The predicted octanol–water partition coefficient (Wildman–Crippen LogP) is 6.36. The number of alkyl halides is 1. The van der Waals surface area contributed by atoms with E-state index in [9.17, 15) is 0 Å². The zero-order valence-electron chi connectivity index (χ0n) is 12.0. The molecule has 0 aliphatic heterocycles. The van der Waals surface area contributed by atoms with Crippen molar-refractivity contribution in [3.05, 3.63) is 34.3 Å². The molecular weight excluding hydrogens is 364 g/mol. The first-order valence-corrected chi connectivity index (χ1v) is 9.11. The summed E-state index contributed by atoms with van der Waals surface area (Å²) in [5.74, 6) is 0.792. The molecule has 1 aliphatic carbocycles. The van der Waals surface area contributed by atoms with E-state index in [4.69, 9.17) is 0 Å². The molecule has 1 aliphatic rings. The quantitative estimate of drug-likeness (QED) is 0.515. The second kappa shape index (κ2) is 6.76. The molecule has 0 radical (unpaired) electrons. The molecule has 1 unspecified atom stereocenters. The van der Waals surface area contributed by atoms with Crippen molar-refractivity contribution in [1.82, 2.24) is 0 Å². The van der Waals surface area contributed by atoms with Gasteiger partial charge in [-0.15, -0.1) is 0 Å². The highest BCUT2D eigenvalue weighted by atomic mass is 79.9. The molecule has 1 aromatic rings. The van der Waals surface area contributed by atoms with Gasteiger partial charge in [-0.25, -0.2) is 0 Å². The number of benzene rings is 1. The van der Waals surface area contributed by atoms with Crippen molar-refractivity contribution in [2.24, 2.45) is 11.3 Å². The molecule has 0 heterocycles. The molecule has 1 fully saturated rings. The van der Waals surface area contributed by atoms with Crippen LogP contribution in [0.25, 0.3) is 0 Å². The fourth-order valence-electron chi connectivity index (χ4n) is 3.62. The average molecular weight is 388 g/mol. The molecule has 1 saturated carbocycles. The molecule has 0 nitrogen and oxygen atoms in total. The summed E-state index contributed by atoms with van der Waals surface area (Å²) in [6.07, 6.45) is 8.12. The van der Waals surface area contributed by atoms with E-state index < -0.39 is 0 Å². The third-order valence-corrected chi connectivity index (χ3v) is 6.17. The zero-order chi connectivity index (χ0) is 13.9. The lowest BCUT2D eigenvalue weighted by molar-refractivity contribution is 0.228. The molecule has 2 rings (SSSR count). The minimum absolute atomic E-state index is 0.524. The van der Waals surface area contributed by atoms with Crippen molar-refractivity contribution < 1.29 is 0 Å². The van der Waals surface area contributed by atoms with Gasteiger partial charge < -0.3 is 0 Å². The SMILES string of the molecule is CC(C)CC1(C(Br)Cc2cccc(Br)c2)CCCC1. The van der Waals surface area contributed by atoms with E-state index in [-0.39, 0.29) is 0 Å². The van der Waals surface area contributed by atoms with Crippen molar-refractivity contribution in [2.45, 2.75) is 57.2 Å². The van der Waals surface area contributed by atoms with Crippen LogP contribution in [-0.4, -0.2) is 4.83 Å². The summed E-state index contributed by atoms with van der Waals surface area (Å²) in [5, 5.41) is 0. The monoisotopic (exact) mass is 386 g/mol. The highest BCUT2D eigenvalue weighted by Gasteiger charge is 2.40. The number of hydrogen-bond donors (Lipinski definition) is 0. The lowest BCUT2D eigenvalue weighted by Gasteiger charge is -2.36. The first kappa shape index (κ1) is 15.6. The summed E-state index contributed by atoms with van der Waals surface area (Å²) in [6.45, 7) is 4.72. The summed E-state index contributed by atoms with van der Waals surface area (Å²) in [7, 11) is 0. The molecular formula is C17H24Br2. The Morgan fingerprint density at radius 1 is 1.21 bits per heavy atom. The van der Waals surface area contributed by atoms with Crippen molar-refractivity contribution >= 4 is 31.9 Å². The fraction of sp³-hybridized carbons (Fsp3) is 0.647. The summed E-state index contributed by atoms with van der Waals surface area (Å²) in [5.41, 5.74) is 1.96. The lowest BCUT2D eigenvalue weighted by Crippen LogP contribution is -2.31. The van der Waals surface area contributed by atoms with Crippen LogP contribution in [0.15, 0.2) is 28.7 Å². The van der Waals surface area contributed by atoms with Crippen LogP contribution >= 0.6 is 31.9 Å². The van der Waals surface area contributed by atoms with Crippen LogP contribution in [0.5, 0.6) is 0 Å². The number of rotatable bonds is 5. The Bertz CT molecular complexity index is 405. The number of halogens is 2. The van der Waals surface area contributed by atoms with Crippen LogP contribution < -0.4 is 0 Å². The second-order valence-corrected chi connectivity index (χ2v) is 8.49. The van der Waals surface area contributed by atoms with Crippen LogP contribution in [0.4, 0.5) is 0 Å². The van der Waals surface area contributed by atoms with Crippen LogP contribution in [0, 0.1) is 11.3 Å². The van der Waals surface area contributed by atoms with E-state index in [1.165, 1.54) is 42.1 Å². The third kappa shape index (κ3) is 4.07. The maximum absolute atomic E-state index is 4.04. The summed E-state index contributed by atoms with van der Waals surface area (Å²) >= 11 is 7.61. The molecule has 0 saturated heterocycles. The van der Waals surface area contributed by atoms with Crippen LogP contribution in [0.2, 0.25) is 0 Å². The summed E-state index contributed by atoms with van der Waals surface area (Å²) in [4.78, 5) is 0.610. The zero-order valence-corrected chi connectivity index (χ0v) is 15.1. The minimum atomic E-state index is 0.524. The van der Waals surface area contributed by atoms with Crippen molar-refractivity contribution in [3.63, 3.8) is 0 Å². The van der Waals surface area contributed by atoms with Gasteiger partial charge in [-0.3, -0.25) is 0 Å². The molecule has 0 bridgehead atoms. The largest absolute Gasteiger partial charge is 0.0881 e. The molecule has 1 aromatic carbocycles. The maximum atomic E-state index is 4.04. The van der Waals surface area contributed by atoms with E-state index in [1.807, 2.05) is 0 Å². The van der Waals surface area contributed by atoms with Crippen LogP contribution in [0.1, 0.15) is 51.5 Å². The van der Waals surface area contributed by atoms with Gasteiger partial charge in [-0.05, 0) is 54.7 Å². The van der Waals surface area contributed by atoms with Gasteiger partial charge in [0.05, 0.1) is 0 Å². The Kier molecular flexibility index (Phi) is 5.54. The Hall–Kier alpha value is 0.180. The Morgan fingerprint density at radius 2 is 1.89 bits per heavy atom. The van der Waals surface area contributed by atoms with Crippen molar-refractivity contribution in [1.29, 1.82) is 0 Å². The van der Waals surface area contributed by atoms with Crippen molar-refractivity contribution in [2.75, 3.05) is 0 Å². The molecule has 106 valence electrons. The average Bonchev–Trinajstić information content (AvgIpc) is 2.78. The first-order chi connectivity index (χ1) is 9.02. The van der Waals surface area contributed by atoms with E-state index >= 15 is 0 Å². The minimum Gasteiger partial charge on any atom is -0.0881 e. The summed E-state index contributed by atoms with van der Waals surface area (Å²) < 4.78 is 1.19. The molecule has 0 aromatic heterocycles. The Balaban J connectivity index is 2.09. The lowest BCUT2D eigenvalue weighted by atomic mass is 9.74. The standard InChI is InChI=1S/C17H24Br2/c1-13(2)12-17(8-3-4-9-17)16(19)11-14-6-5-7-15(18)10-14/h5-7,10,13,16H,3-4,8-9,11-12H2,1-2H3. The van der Waals surface area contributed by atoms with E-state index in [0.29, 0.717) is 10.2 Å². The maximum Gasteiger partial charge on any atom is 0.0242 e. The van der Waals surface area contributed by atoms with Gasteiger partial charge >= 0.3 is 0 Å². The fourth-order valence-corrected chi connectivity index (χ4v) is 5.09. The third-order valence-electron chi connectivity index (χ3n) is 4.38. The molecule has 0 amide bonds. The van der Waals surface area contributed by atoms with Gasteiger partial charge in [0.25, 0.3) is 0 Å². The van der Waals surface area contributed by atoms with Crippen LogP contribution in [0.3, 0.4) is 0 Å². The first-order valence-electron chi connectivity index (χ1n) is 7.40. The van der Waals surface area contributed by atoms with Gasteiger partial charge in [0, 0.05) is 9.30 Å². The van der Waals surface area contributed by atoms with Gasteiger partial charge in [0.15, 0.2) is 0 Å². The molecule has 0 spiro atoms. The number of hydrogen-bond acceptors (Lipinski definition) is 0. The van der Waals surface area contributed by atoms with Gasteiger partial charge in [-0.1, -0.05) is 70.7 Å². The highest BCUT2D eigenvalue weighted by Crippen LogP contribution is 2.49. The van der Waals surface area contributed by atoms with Crippen LogP contribution in [-0.2, 0) is 6.42 Å². The van der Waals surface area contributed by atoms with E-state index in [2.05, 4.69) is 70.0 Å². The smallest absolute Gasteiger partial charge is 0.0242 e. The van der Waals surface area contributed by atoms with Crippen molar-refractivity contribution in [3.8, 4) is 0 Å².